The zero-order valence-corrected chi connectivity index (χ0v) is 24.4. The lowest BCUT2D eigenvalue weighted by atomic mass is 9.69. The highest BCUT2D eigenvalue weighted by molar-refractivity contribution is 6.22. The normalized spacial score (nSPS) is 23.5. The number of aliphatic hydroxyl groups excluding tert-OH is 1. The summed E-state index contributed by atoms with van der Waals surface area (Å²) in [4.78, 5) is 28.9. The number of allylic oxidation sites excluding steroid dienone is 1. The number of carbonyl (C=O) groups is 2. The summed E-state index contributed by atoms with van der Waals surface area (Å²) >= 11 is 0. The van der Waals surface area contributed by atoms with E-state index in [2.05, 4.69) is 18.3 Å². The van der Waals surface area contributed by atoms with Crippen molar-refractivity contribution in [2.24, 2.45) is 17.8 Å². The van der Waals surface area contributed by atoms with Crippen LogP contribution in [0.2, 0.25) is 0 Å². The van der Waals surface area contributed by atoms with Crippen LogP contribution in [-0.4, -0.2) is 41.3 Å². The third-order valence-electron chi connectivity index (χ3n) is 8.98. The topological polar surface area (TPSA) is 99.1 Å². The number of imide groups is 1. The zero-order valence-electron chi connectivity index (χ0n) is 24.4. The quantitative estimate of drug-likeness (QED) is 0.185. The Morgan fingerprint density at radius 1 is 0.930 bits per heavy atom. The number of ether oxygens (including phenoxy) is 1. The highest BCUT2D eigenvalue weighted by atomic mass is 16.5. The first-order valence-electron chi connectivity index (χ1n) is 15.2. The Hall–Kier alpha value is -4.20. The summed E-state index contributed by atoms with van der Waals surface area (Å²) in [5.41, 5.74) is 6.24. The van der Waals surface area contributed by atoms with Crippen LogP contribution in [0.5, 0.6) is 5.75 Å². The maximum absolute atomic E-state index is 13.9. The summed E-state index contributed by atoms with van der Waals surface area (Å²) in [5, 5.41) is 24.0. The number of rotatable bonds is 10. The number of anilines is 3. The maximum Gasteiger partial charge on any atom is 0.238 e. The van der Waals surface area contributed by atoms with Gasteiger partial charge in [0.25, 0.3) is 0 Å². The van der Waals surface area contributed by atoms with E-state index in [1.54, 1.807) is 18.2 Å². The highest BCUT2D eigenvalue weighted by Gasteiger charge is 2.57. The molecule has 0 bridgehead atoms. The van der Waals surface area contributed by atoms with Gasteiger partial charge in [-0.3, -0.25) is 14.5 Å². The van der Waals surface area contributed by atoms with Gasteiger partial charge in [0.15, 0.2) is 0 Å². The number of phenolic OH excluding ortho intramolecular Hbond substituents is 1. The number of aromatic hydroxyl groups is 1. The number of aliphatic hydroxyl groups is 1. The third kappa shape index (κ3) is 5.75. The van der Waals surface area contributed by atoms with E-state index < -0.39 is 11.8 Å². The lowest BCUT2D eigenvalue weighted by Gasteiger charge is -2.31. The number of hydrogen-bond acceptors (Lipinski definition) is 6. The van der Waals surface area contributed by atoms with Crippen molar-refractivity contribution >= 4 is 35.0 Å². The minimum atomic E-state index is -0.496. The van der Waals surface area contributed by atoms with Crippen molar-refractivity contribution in [1.82, 2.24) is 0 Å². The van der Waals surface area contributed by atoms with Crippen molar-refractivity contribution in [3.8, 4) is 5.75 Å². The van der Waals surface area contributed by atoms with E-state index in [0.29, 0.717) is 25.1 Å². The molecule has 222 valence electrons. The first-order valence-corrected chi connectivity index (χ1v) is 15.2. The molecule has 2 aliphatic heterocycles. The molecule has 2 saturated heterocycles. The summed E-state index contributed by atoms with van der Waals surface area (Å²) in [7, 11) is 0. The third-order valence-corrected chi connectivity index (χ3v) is 8.98. The number of benzene rings is 3. The molecule has 7 nitrogen and oxygen atoms in total. The van der Waals surface area contributed by atoms with Crippen LogP contribution in [0, 0.1) is 17.8 Å². The number of amides is 2. The second-order valence-corrected chi connectivity index (χ2v) is 11.7. The summed E-state index contributed by atoms with van der Waals surface area (Å²) in [6.07, 6.45) is 5.60. The van der Waals surface area contributed by atoms with Crippen LogP contribution in [0.25, 0.3) is 6.08 Å². The number of fused-ring (bicyclic) bond motifs is 3. The minimum absolute atomic E-state index is 0.147. The molecule has 43 heavy (non-hydrogen) atoms. The SMILES string of the molecule is CCC/C(=C\c1ccccc1O)CC[C@H]1OC[C@H]2C1=C(CO)C[C@H]1C(=O)N(c3ccc(Nc4ccccc4)cc3)C(=O)[C@H]12. The second kappa shape index (κ2) is 12.6. The number of nitrogens with one attached hydrogen (secondary N) is 1. The first kappa shape index (κ1) is 28.9. The van der Waals surface area contributed by atoms with Crippen LogP contribution in [0.3, 0.4) is 0 Å². The van der Waals surface area contributed by atoms with Crippen molar-refractivity contribution in [2.45, 2.75) is 45.1 Å². The van der Waals surface area contributed by atoms with Crippen LogP contribution in [-0.2, 0) is 14.3 Å². The van der Waals surface area contributed by atoms with E-state index in [4.69, 9.17) is 4.74 Å². The van der Waals surface area contributed by atoms with Gasteiger partial charge in [-0.25, -0.2) is 0 Å². The Bertz CT molecular complexity index is 1550. The molecule has 7 heteroatoms. The highest BCUT2D eigenvalue weighted by Crippen LogP contribution is 2.50. The van der Waals surface area contributed by atoms with Gasteiger partial charge >= 0.3 is 0 Å². The standard InChI is InChI=1S/C36H38N2O5/c1-2-8-23(19-24-9-6-7-12-31(24)40)13-18-32-33-25(21-39)20-29-34(30(33)22-43-32)36(42)38(35(29)41)28-16-14-27(15-17-28)37-26-10-4-3-5-11-26/h3-7,9-12,14-17,19,29-30,32,34,37,39-40H,2,8,13,18,20-22H2,1H3/b23-19+/t29-,30+,32-,34-/m1/s1. The predicted molar refractivity (Wildman–Crippen MR) is 168 cm³/mol. The van der Waals surface area contributed by atoms with Crippen molar-refractivity contribution < 1.29 is 24.5 Å². The second-order valence-electron chi connectivity index (χ2n) is 11.7. The van der Waals surface area contributed by atoms with Gasteiger partial charge in [0.2, 0.25) is 11.8 Å². The molecule has 3 aromatic rings. The molecule has 1 aliphatic carbocycles. The smallest absolute Gasteiger partial charge is 0.238 e. The predicted octanol–water partition coefficient (Wildman–Crippen LogP) is 6.61. The number of hydrogen-bond donors (Lipinski definition) is 3. The lowest BCUT2D eigenvalue weighted by Crippen LogP contribution is -2.35. The van der Waals surface area contributed by atoms with Gasteiger partial charge in [0, 0.05) is 22.9 Å². The largest absolute Gasteiger partial charge is 0.507 e. The molecule has 3 aromatic carbocycles. The van der Waals surface area contributed by atoms with Crippen molar-refractivity contribution in [2.75, 3.05) is 23.4 Å². The van der Waals surface area contributed by atoms with E-state index in [1.807, 2.05) is 60.7 Å². The van der Waals surface area contributed by atoms with Gasteiger partial charge in [-0.2, -0.15) is 0 Å². The van der Waals surface area contributed by atoms with Gasteiger partial charge in [-0.05, 0) is 79.3 Å². The fourth-order valence-corrected chi connectivity index (χ4v) is 6.99. The minimum Gasteiger partial charge on any atom is -0.507 e. The van der Waals surface area contributed by atoms with Crippen LogP contribution in [0.15, 0.2) is 95.6 Å². The molecule has 3 N–H and O–H groups in total. The van der Waals surface area contributed by atoms with E-state index >= 15 is 0 Å². The van der Waals surface area contributed by atoms with Crippen molar-refractivity contribution in [1.29, 1.82) is 0 Å². The fraction of sp³-hybridized carbons (Fsp3) is 0.333. The molecule has 0 radical (unpaired) electrons. The molecule has 2 fully saturated rings. The molecule has 6 rings (SSSR count). The first-order chi connectivity index (χ1) is 21.0. The summed E-state index contributed by atoms with van der Waals surface area (Å²) in [5.74, 6) is -1.34. The van der Waals surface area contributed by atoms with Crippen LogP contribution in [0.1, 0.15) is 44.6 Å². The van der Waals surface area contributed by atoms with Crippen LogP contribution < -0.4 is 10.2 Å². The molecule has 0 saturated carbocycles. The van der Waals surface area contributed by atoms with Crippen LogP contribution >= 0.6 is 0 Å². The van der Waals surface area contributed by atoms with E-state index in [9.17, 15) is 19.8 Å². The number of carbonyl (C=O) groups excluding carboxylic acids is 2. The van der Waals surface area contributed by atoms with Crippen molar-refractivity contribution in [3.05, 3.63) is 101 Å². The average Bonchev–Trinajstić information content (AvgIpc) is 3.55. The summed E-state index contributed by atoms with van der Waals surface area (Å²) in [6.45, 7) is 2.35. The van der Waals surface area contributed by atoms with E-state index in [-0.39, 0.29) is 36.2 Å². The number of phenols is 1. The monoisotopic (exact) mass is 578 g/mol. The molecular formula is C36H38N2O5. The zero-order chi connectivity index (χ0) is 29.9. The Morgan fingerprint density at radius 2 is 1.65 bits per heavy atom. The van der Waals surface area contributed by atoms with Gasteiger partial charge in [-0.1, -0.05) is 61.4 Å². The molecule has 2 amide bonds. The van der Waals surface area contributed by atoms with Gasteiger partial charge in [-0.15, -0.1) is 0 Å². The molecular weight excluding hydrogens is 540 g/mol. The Labute approximate surface area is 252 Å². The molecule has 3 aliphatic rings. The van der Waals surface area contributed by atoms with E-state index in [1.165, 1.54) is 10.5 Å². The molecule has 0 aromatic heterocycles. The van der Waals surface area contributed by atoms with Crippen LogP contribution in [0.4, 0.5) is 17.1 Å². The van der Waals surface area contributed by atoms with Gasteiger partial charge < -0.3 is 20.3 Å². The van der Waals surface area contributed by atoms with Gasteiger partial charge in [0.1, 0.15) is 5.75 Å². The Kier molecular flexibility index (Phi) is 8.45. The summed E-state index contributed by atoms with van der Waals surface area (Å²) < 4.78 is 6.30. The van der Waals surface area contributed by atoms with Crippen molar-refractivity contribution in [3.63, 3.8) is 0 Å². The lowest BCUT2D eigenvalue weighted by molar-refractivity contribution is -0.122. The maximum atomic E-state index is 13.9. The molecule has 4 atom stereocenters. The number of para-hydroxylation sites is 2. The fourth-order valence-electron chi connectivity index (χ4n) is 6.99. The Balaban J connectivity index is 1.19. The van der Waals surface area contributed by atoms with Gasteiger partial charge in [0.05, 0.1) is 36.8 Å². The average molecular weight is 579 g/mol. The Morgan fingerprint density at radius 3 is 2.37 bits per heavy atom. The molecule has 0 spiro atoms. The molecule has 0 unspecified atom stereocenters. The van der Waals surface area contributed by atoms with E-state index in [0.717, 1.165) is 47.3 Å². The number of nitrogens with zero attached hydrogens (tertiary/aromatic N) is 1. The summed E-state index contributed by atoms with van der Waals surface area (Å²) in [6, 6.07) is 24.5. The molecule has 2 heterocycles.